The third-order valence-corrected chi connectivity index (χ3v) is 6.92. The molecule has 0 radical (unpaired) electrons. The van der Waals surface area contributed by atoms with E-state index in [1.807, 2.05) is 60.4 Å². The molecule has 1 aliphatic rings. The Morgan fingerprint density at radius 1 is 1.06 bits per heavy atom. The summed E-state index contributed by atoms with van der Waals surface area (Å²) in [5, 5.41) is 1.49. The quantitative estimate of drug-likeness (QED) is 0.310. The van der Waals surface area contributed by atoms with Gasteiger partial charge in [0.05, 0.1) is 17.8 Å². The van der Waals surface area contributed by atoms with Gasteiger partial charge in [0.15, 0.2) is 0 Å². The number of carbonyl (C=O) groups excluding carboxylic acids is 1. The molecular weight excluding hydrogens is 470 g/mol. The summed E-state index contributed by atoms with van der Waals surface area (Å²) in [5.74, 6) is 0.749. The van der Waals surface area contributed by atoms with Crippen molar-refractivity contribution < 1.29 is 9.53 Å². The second-order valence-corrected chi connectivity index (χ2v) is 9.75. The first-order valence-electron chi connectivity index (χ1n) is 12.4. The van der Waals surface area contributed by atoms with Crippen LogP contribution in [0, 0.1) is 6.92 Å². The SMILES string of the molecule is CCOc1cc(-c2cccc(Cl)c2)nc2ccc(C(=O)N3CCN(c4cccc(C)c4)[C@H](C)C3)cc12. The number of aromatic nitrogens is 1. The molecule has 0 spiro atoms. The molecule has 36 heavy (non-hydrogen) atoms. The second-order valence-electron chi connectivity index (χ2n) is 9.31. The summed E-state index contributed by atoms with van der Waals surface area (Å²) in [6.07, 6.45) is 0. The number of amides is 1. The predicted octanol–water partition coefficient (Wildman–Crippen LogP) is 6.61. The maximum absolute atomic E-state index is 13.5. The smallest absolute Gasteiger partial charge is 0.254 e. The molecule has 1 amide bonds. The van der Waals surface area contributed by atoms with Gasteiger partial charge in [-0.05, 0) is 68.8 Å². The fourth-order valence-corrected chi connectivity index (χ4v) is 5.10. The van der Waals surface area contributed by atoms with E-state index in [0.717, 1.165) is 28.7 Å². The third kappa shape index (κ3) is 4.89. The zero-order valence-electron chi connectivity index (χ0n) is 20.9. The fourth-order valence-electron chi connectivity index (χ4n) is 4.91. The minimum absolute atomic E-state index is 0.0361. The van der Waals surface area contributed by atoms with Gasteiger partial charge in [-0.1, -0.05) is 35.9 Å². The highest BCUT2D eigenvalue weighted by atomic mass is 35.5. The number of anilines is 1. The van der Waals surface area contributed by atoms with E-state index in [-0.39, 0.29) is 11.9 Å². The lowest BCUT2D eigenvalue weighted by Gasteiger charge is -2.41. The molecule has 0 N–H and O–H groups in total. The van der Waals surface area contributed by atoms with Crippen LogP contribution in [-0.4, -0.2) is 48.1 Å². The monoisotopic (exact) mass is 499 g/mol. The van der Waals surface area contributed by atoms with Crippen LogP contribution in [-0.2, 0) is 0 Å². The van der Waals surface area contributed by atoms with Gasteiger partial charge in [0, 0.05) is 59.0 Å². The number of benzene rings is 3. The molecule has 5 rings (SSSR count). The molecular formula is C30H30ClN3O2. The average molecular weight is 500 g/mol. The zero-order valence-corrected chi connectivity index (χ0v) is 21.6. The largest absolute Gasteiger partial charge is 0.493 e. The summed E-state index contributed by atoms with van der Waals surface area (Å²) >= 11 is 6.20. The number of carbonyl (C=O) groups is 1. The predicted molar refractivity (Wildman–Crippen MR) is 147 cm³/mol. The van der Waals surface area contributed by atoms with Gasteiger partial charge < -0.3 is 14.5 Å². The Kier molecular flexibility index (Phi) is 6.84. The van der Waals surface area contributed by atoms with E-state index in [0.29, 0.717) is 36.0 Å². The van der Waals surface area contributed by atoms with Gasteiger partial charge in [0.1, 0.15) is 5.75 Å². The maximum Gasteiger partial charge on any atom is 0.254 e. The number of hydrogen-bond acceptors (Lipinski definition) is 4. The molecule has 3 aromatic carbocycles. The van der Waals surface area contributed by atoms with Crippen molar-refractivity contribution in [1.82, 2.24) is 9.88 Å². The first-order valence-corrected chi connectivity index (χ1v) is 12.8. The van der Waals surface area contributed by atoms with Crippen LogP contribution >= 0.6 is 11.6 Å². The van der Waals surface area contributed by atoms with E-state index in [4.69, 9.17) is 21.3 Å². The molecule has 1 aromatic heterocycles. The van der Waals surface area contributed by atoms with Crippen LogP contribution in [0.3, 0.4) is 0 Å². The number of piperazine rings is 1. The molecule has 0 unspecified atom stereocenters. The number of ether oxygens (including phenoxy) is 1. The van der Waals surface area contributed by atoms with E-state index < -0.39 is 0 Å². The van der Waals surface area contributed by atoms with Gasteiger partial charge in [-0.15, -0.1) is 0 Å². The van der Waals surface area contributed by atoms with Crippen molar-refractivity contribution >= 4 is 34.1 Å². The molecule has 1 fully saturated rings. The normalized spacial score (nSPS) is 15.8. The van der Waals surface area contributed by atoms with E-state index in [2.05, 4.69) is 43.0 Å². The van der Waals surface area contributed by atoms with Crippen molar-refractivity contribution in [1.29, 1.82) is 0 Å². The van der Waals surface area contributed by atoms with E-state index in [1.165, 1.54) is 11.3 Å². The van der Waals surface area contributed by atoms with Crippen LogP contribution in [0.4, 0.5) is 5.69 Å². The summed E-state index contributed by atoms with van der Waals surface area (Å²) in [4.78, 5) is 22.7. The van der Waals surface area contributed by atoms with Crippen LogP contribution in [0.1, 0.15) is 29.8 Å². The van der Waals surface area contributed by atoms with Gasteiger partial charge in [0.25, 0.3) is 5.91 Å². The van der Waals surface area contributed by atoms with E-state index in [1.54, 1.807) is 0 Å². The first-order chi connectivity index (χ1) is 17.4. The third-order valence-electron chi connectivity index (χ3n) is 6.69. The Balaban J connectivity index is 1.41. The molecule has 4 aromatic rings. The minimum atomic E-state index is 0.0361. The summed E-state index contributed by atoms with van der Waals surface area (Å²) < 4.78 is 5.98. The first kappa shape index (κ1) is 24.1. The molecule has 1 saturated heterocycles. The summed E-state index contributed by atoms with van der Waals surface area (Å²) in [6, 6.07) is 24.0. The number of rotatable bonds is 5. The molecule has 1 atom stereocenters. The number of fused-ring (bicyclic) bond motifs is 1. The lowest BCUT2D eigenvalue weighted by Crippen LogP contribution is -2.53. The zero-order chi connectivity index (χ0) is 25.2. The second kappa shape index (κ2) is 10.2. The highest BCUT2D eigenvalue weighted by molar-refractivity contribution is 6.30. The average Bonchev–Trinajstić information content (AvgIpc) is 2.88. The summed E-state index contributed by atoms with van der Waals surface area (Å²) in [5.41, 5.74) is 5.59. The topological polar surface area (TPSA) is 45.7 Å². The molecule has 6 heteroatoms. The standard InChI is InChI=1S/C30H30ClN3O2/c1-4-36-29-18-28(22-8-6-9-24(31)16-22)32-27-12-11-23(17-26(27)29)30(35)33-13-14-34(21(3)19-33)25-10-5-7-20(2)15-25/h5-12,15-18,21H,4,13-14,19H2,1-3H3/t21-/m1/s1. The number of hydrogen-bond donors (Lipinski definition) is 0. The Morgan fingerprint density at radius 3 is 2.64 bits per heavy atom. The number of nitrogens with zero attached hydrogens (tertiary/aromatic N) is 3. The Hall–Kier alpha value is -3.57. The fraction of sp³-hybridized carbons (Fsp3) is 0.267. The molecule has 0 aliphatic carbocycles. The van der Waals surface area contributed by atoms with Gasteiger partial charge >= 0.3 is 0 Å². The van der Waals surface area contributed by atoms with E-state index in [9.17, 15) is 4.79 Å². The molecule has 184 valence electrons. The van der Waals surface area contributed by atoms with Crippen LogP contribution in [0.2, 0.25) is 5.02 Å². The highest BCUT2D eigenvalue weighted by Crippen LogP contribution is 2.32. The molecule has 1 aliphatic heterocycles. The van der Waals surface area contributed by atoms with Crippen molar-refractivity contribution in [2.45, 2.75) is 26.8 Å². The van der Waals surface area contributed by atoms with Crippen molar-refractivity contribution in [3.05, 3.63) is 88.9 Å². The Bertz CT molecular complexity index is 1420. The maximum atomic E-state index is 13.5. The molecule has 0 saturated carbocycles. The van der Waals surface area contributed by atoms with Gasteiger partial charge in [-0.2, -0.15) is 0 Å². The van der Waals surface area contributed by atoms with Gasteiger partial charge in [-0.25, -0.2) is 4.98 Å². The van der Waals surface area contributed by atoms with Crippen LogP contribution < -0.4 is 9.64 Å². The lowest BCUT2D eigenvalue weighted by molar-refractivity contribution is 0.0726. The Labute approximate surface area is 217 Å². The van der Waals surface area contributed by atoms with Gasteiger partial charge in [0.2, 0.25) is 0 Å². The minimum Gasteiger partial charge on any atom is -0.493 e. The van der Waals surface area contributed by atoms with Crippen molar-refractivity contribution in [3.8, 4) is 17.0 Å². The van der Waals surface area contributed by atoms with Gasteiger partial charge in [-0.3, -0.25) is 4.79 Å². The van der Waals surface area contributed by atoms with E-state index >= 15 is 0 Å². The van der Waals surface area contributed by atoms with Crippen molar-refractivity contribution in [2.24, 2.45) is 0 Å². The Morgan fingerprint density at radius 2 is 1.89 bits per heavy atom. The molecule has 2 heterocycles. The van der Waals surface area contributed by atoms with Crippen LogP contribution in [0.15, 0.2) is 72.8 Å². The summed E-state index contributed by atoms with van der Waals surface area (Å²) in [7, 11) is 0. The molecule has 5 nitrogen and oxygen atoms in total. The van der Waals surface area contributed by atoms with Crippen molar-refractivity contribution in [2.75, 3.05) is 31.1 Å². The number of aryl methyl sites for hydroxylation is 1. The van der Waals surface area contributed by atoms with Crippen LogP contribution in [0.25, 0.3) is 22.2 Å². The lowest BCUT2D eigenvalue weighted by atomic mass is 10.0. The number of halogens is 1. The summed E-state index contributed by atoms with van der Waals surface area (Å²) in [6.45, 7) is 8.92. The molecule has 0 bridgehead atoms. The van der Waals surface area contributed by atoms with Crippen molar-refractivity contribution in [3.63, 3.8) is 0 Å². The van der Waals surface area contributed by atoms with Crippen LogP contribution in [0.5, 0.6) is 5.75 Å². The highest BCUT2D eigenvalue weighted by Gasteiger charge is 2.28. The number of pyridine rings is 1.